The van der Waals surface area contributed by atoms with E-state index >= 15 is 4.79 Å². The highest BCUT2D eigenvalue weighted by Gasteiger charge is 2.67. The predicted octanol–water partition coefficient (Wildman–Crippen LogP) is 13.5. The number of nitrogens with one attached hydrogen (secondary N) is 2. The van der Waals surface area contributed by atoms with Crippen LogP contribution in [0.2, 0.25) is 0 Å². The molecule has 137 heavy (non-hydrogen) atoms. The van der Waals surface area contributed by atoms with Gasteiger partial charge >= 0.3 is 66.7 Å². The third-order valence-electron chi connectivity index (χ3n) is 26.6. The van der Waals surface area contributed by atoms with Crippen molar-refractivity contribution in [1.82, 2.24) is 30.2 Å². The standard InChI is InChI=1S/C47H46F6N4O13S.C42H38F6N4O11S.2CH4/c1-19-11-22-12-24-25(15-54)57-26-16-64-40(58)45(23-14-27(62-7)28(13-21(23)9-10-55-45)67-43(61)70-44(3,4)5)17-71-39(31-30(26)37-36(65-18-66-37)20(2)35(31)68-41(59)46(48,49)50)33(57)32(56(24)6)29(22)38(34(19)63-8)69-42(60)47(51,52)53;1-16-8-19-9-21-22(12-49)52-23-13-59-37(54)40(20-11-25(57-4)24(53)10-18(20)6-7-50-40)14-64-36(28-27(23)34-33(60-15-61-34)17(2)32(28)62-38(55)41(43,44)45)30(52)29(51(21)3)26(19)35(31(16)58-5)63-39(56)42(46,47)48;;/h11,13-14,24-26,32-33,39,55H,9-10,12,16-18H2,1-8H3;8,10-11,21-23,29-30,36,50,53H,6-7,9,13-15H2,1-5H3;2*1H4/t24-,25-,26-,32+,33?,39+,45+;21-,22-,23-,29+,30?,36+,40+;;/m00../s1. The van der Waals surface area contributed by atoms with E-state index in [0.717, 1.165) is 23.5 Å². The number of ether oxygens (including phenoxy) is 16. The Hall–Kier alpha value is -11.8. The number of nitriles is 2. The number of nitrogens with zero attached hydrogens (tertiary/aromatic N) is 6. The molecule has 6 aromatic rings. The number of aryl methyl sites for hydroxylation is 2. The molecule has 4 saturated heterocycles. The SMILES string of the molecule is C.C.COc1cc2c(cc1O)CCN[C@]21CS[C@@H]2c3c(OC(=O)C(F)(F)F)c(C)c4c(c3[C@H](COC1=O)N1C2[C@H]2c3c(cc(C)c(OC)c3OC(=O)C(F)(F)F)C[C@@H]([C@@H]1C#N)N2C)OCO4.COc1cc2c(cc1OC(=O)OC(C)(C)C)CCN[C@]21CS[C@@H]2c3c(OC(=O)C(F)(F)F)c(C)c4c(c3[C@H](COC1=O)N1C2[C@H]2c3c(cc(C)c(OC)c3OC(=O)C(F)(F)F)C[C@@H]([C@@H]1C#N)N2C)OCO4. The van der Waals surface area contributed by atoms with Crippen molar-refractivity contribution < 1.29 is 167 Å². The molecule has 14 atom stereocenters. The zero-order valence-electron chi connectivity index (χ0n) is 73.7. The van der Waals surface area contributed by atoms with Crippen LogP contribution < -0.4 is 72.2 Å². The van der Waals surface area contributed by atoms with E-state index in [9.17, 15) is 97.1 Å². The van der Waals surface area contributed by atoms with Crippen LogP contribution in [0.5, 0.6) is 80.5 Å². The van der Waals surface area contributed by atoms with Crippen molar-refractivity contribution in [2.75, 3.05) is 93.9 Å². The number of benzene rings is 6. The summed E-state index contributed by atoms with van der Waals surface area (Å²) in [5, 5.41) is 37.2. The summed E-state index contributed by atoms with van der Waals surface area (Å²) in [6, 6.07) is 3.08. The number of carbonyl (C=O) groups is 7. The van der Waals surface area contributed by atoms with Crippen molar-refractivity contribution in [1.29, 1.82) is 10.5 Å². The van der Waals surface area contributed by atoms with E-state index in [2.05, 4.69) is 22.8 Å². The van der Waals surface area contributed by atoms with Gasteiger partial charge in [0.25, 0.3) is 0 Å². The molecule has 14 heterocycles. The Labute approximate surface area is 783 Å². The van der Waals surface area contributed by atoms with Gasteiger partial charge in [-0.1, -0.05) is 27.0 Å². The van der Waals surface area contributed by atoms with Crippen molar-refractivity contribution in [3.8, 4) is 92.6 Å². The van der Waals surface area contributed by atoms with Crippen molar-refractivity contribution in [3.05, 3.63) is 125 Å². The zero-order valence-corrected chi connectivity index (χ0v) is 75.4. The largest absolute Gasteiger partial charge is 0.514 e. The molecule has 14 aliphatic heterocycles. The molecule has 0 amide bonds. The number of hydrogen-bond acceptors (Lipinski definition) is 34. The molecule has 2 unspecified atom stereocenters. The van der Waals surface area contributed by atoms with Crippen molar-refractivity contribution in [3.63, 3.8) is 0 Å². The molecule has 736 valence electrons. The Bertz CT molecular complexity index is 6100. The molecular formula is C91H92F12N8O24S2. The molecule has 20 rings (SSSR count). The van der Waals surface area contributed by atoms with E-state index in [1.54, 1.807) is 80.4 Å². The molecule has 32 nitrogen and oxygen atoms in total. The summed E-state index contributed by atoms with van der Waals surface area (Å²) in [5.41, 5.74) is -1.10. The minimum atomic E-state index is -5.51. The van der Waals surface area contributed by atoms with Crippen LogP contribution in [-0.2, 0) is 79.7 Å². The van der Waals surface area contributed by atoms with Crippen molar-refractivity contribution in [2.45, 2.75) is 201 Å². The van der Waals surface area contributed by atoms with Gasteiger partial charge < -0.3 is 80.9 Å². The van der Waals surface area contributed by atoms with Crippen LogP contribution >= 0.6 is 23.5 Å². The van der Waals surface area contributed by atoms with Gasteiger partial charge in [-0.15, -0.1) is 23.5 Å². The third kappa shape index (κ3) is 16.3. The van der Waals surface area contributed by atoms with Crippen LogP contribution in [0.4, 0.5) is 57.5 Å². The topological polar surface area (TPSA) is 372 Å². The summed E-state index contributed by atoms with van der Waals surface area (Å²) in [6.45, 7) is 9.09. The van der Waals surface area contributed by atoms with E-state index in [1.807, 2.05) is 0 Å². The summed E-state index contributed by atoms with van der Waals surface area (Å²) in [6.07, 6.45) is -22.2. The maximum Gasteiger partial charge on any atom is 0.514 e. The lowest BCUT2D eigenvalue weighted by Crippen LogP contribution is -2.69. The van der Waals surface area contributed by atoms with Crippen LogP contribution in [-0.4, -0.2) is 227 Å². The monoisotopic (exact) mass is 1970 g/mol. The summed E-state index contributed by atoms with van der Waals surface area (Å²) in [4.78, 5) is 101. The molecule has 0 radical (unpaired) electrons. The number of fused-ring (bicyclic) bond motifs is 18. The Balaban J connectivity index is 0.000000206. The van der Waals surface area contributed by atoms with E-state index in [4.69, 9.17) is 75.8 Å². The number of phenolic OH excluding ortho intramolecular Hbond substituents is 1. The number of phenols is 1. The summed E-state index contributed by atoms with van der Waals surface area (Å²) in [5.74, 6) is -15.3. The number of aromatic hydroxyl groups is 1. The normalized spacial score (nSPS) is 25.9. The molecule has 46 heteroatoms. The maximum absolute atomic E-state index is 15.1. The Morgan fingerprint density at radius 1 is 0.474 bits per heavy atom. The predicted molar refractivity (Wildman–Crippen MR) is 455 cm³/mol. The molecule has 4 fully saturated rings. The summed E-state index contributed by atoms with van der Waals surface area (Å²) in [7, 11) is 8.26. The minimum absolute atomic E-state index is 0. The number of piperazine rings is 2. The number of alkyl halides is 12. The van der Waals surface area contributed by atoms with Gasteiger partial charge in [0.05, 0.1) is 75.2 Å². The van der Waals surface area contributed by atoms with Crippen molar-refractivity contribution >= 4 is 65.5 Å². The van der Waals surface area contributed by atoms with Crippen LogP contribution in [0, 0.1) is 50.4 Å². The number of carbonyl (C=O) groups excluding carboxylic acids is 7. The fraction of sp³-hybridized carbons (Fsp3) is 0.505. The number of hydrogen-bond donors (Lipinski definition) is 3. The lowest BCUT2D eigenvalue weighted by Gasteiger charge is -2.62. The first-order valence-corrected chi connectivity index (χ1v) is 44.1. The van der Waals surface area contributed by atoms with E-state index in [-0.39, 0.29) is 161 Å². The molecule has 0 saturated carbocycles. The smallest absolute Gasteiger partial charge is 0.504 e. The molecule has 0 aromatic heterocycles. The summed E-state index contributed by atoms with van der Waals surface area (Å²) < 4.78 is 261. The molecule has 3 N–H and O–H groups in total. The Kier molecular flexibility index (Phi) is 26.1. The minimum Gasteiger partial charge on any atom is -0.504 e. The average Bonchev–Trinajstić information content (AvgIpc) is 1.37. The highest BCUT2D eigenvalue weighted by molar-refractivity contribution is 7.99. The second kappa shape index (κ2) is 35.9. The van der Waals surface area contributed by atoms with Gasteiger partial charge in [-0.25, -0.2) is 33.6 Å². The number of halogens is 12. The van der Waals surface area contributed by atoms with Crippen LogP contribution in [0.3, 0.4) is 0 Å². The zero-order chi connectivity index (χ0) is 97.4. The van der Waals surface area contributed by atoms with Crippen LogP contribution in [0.25, 0.3) is 0 Å². The molecule has 8 bridgehead atoms. The number of esters is 6. The number of methoxy groups -OCH3 is 4. The maximum atomic E-state index is 15.1. The Morgan fingerprint density at radius 3 is 1.21 bits per heavy atom. The fourth-order valence-electron chi connectivity index (χ4n) is 21.3. The highest BCUT2D eigenvalue weighted by Crippen LogP contribution is 2.69. The molecular weight excluding hydrogens is 1880 g/mol. The van der Waals surface area contributed by atoms with Gasteiger partial charge in [-0.05, 0) is 157 Å². The molecule has 2 spiro atoms. The lowest BCUT2D eigenvalue weighted by molar-refractivity contribution is -0.190. The highest BCUT2D eigenvalue weighted by atomic mass is 32.2. The quantitative estimate of drug-likeness (QED) is 0.0398. The first-order valence-electron chi connectivity index (χ1n) is 42.0. The fourth-order valence-corrected chi connectivity index (χ4v) is 24.7. The number of thioether (sulfide) groups is 2. The van der Waals surface area contributed by atoms with Gasteiger partial charge in [-0.2, -0.15) is 63.2 Å². The number of rotatable bonds is 9. The van der Waals surface area contributed by atoms with Gasteiger partial charge in [0.15, 0.2) is 80.1 Å². The summed E-state index contributed by atoms with van der Waals surface area (Å²) >= 11 is 2.01. The van der Waals surface area contributed by atoms with Gasteiger partial charge in [0, 0.05) is 93.3 Å². The lowest BCUT2D eigenvalue weighted by atomic mass is 9.71. The molecule has 0 aliphatic carbocycles. The molecule has 14 aliphatic rings. The average molecular weight is 1970 g/mol. The first kappa shape index (κ1) is 99.7. The van der Waals surface area contributed by atoms with Crippen molar-refractivity contribution in [2.24, 2.45) is 0 Å². The molecule has 6 aromatic carbocycles. The second-order valence-corrected chi connectivity index (χ2v) is 37.3. The number of likely N-dealkylation sites (N-methyl/N-ethyl adjacent to an activating group) is 2. The van der Waals surface area contributed by atoms with Gasteiger partial charge in [0.1, 0.15) is 42.4 Å². The van der Waals surface area contributed by atoms with E-state index in [1.165, 1.54) is 66.6 Å². The first-order chi connectivity index (χ1) is 63.6. The third-order valence-corrected chi connectivity index (χ3v) is 29.6. The second-order valence-electron chi connectivity index (χ2n) is 35.0. The van der Waals surface area contributed by atoms with Crippen LogP contribution in [0.15, 0.2) is 36.4 Å². The van der Waals surface area contributed by atoms with E-state index < -0.39 is 204 Å². The van der Waals surface area contributed by atoms with E-state index in [0.29, 0.717) is 50.9 Å². The Morgan fingerprint density at radius 2 is 0.847 bits per heavy atom. The van der Waals surface area contributed by atoms with Gasteiger partial charge in [-0.3, -0.25) is 30.2 Å². The van der Waals surface area contributed by atoms with Gasteiger partial charge in [0.2, 0.25) is 13.6 Å². The van der Waals surface area contributed by atoms with Crippen LogP contribution in [0.1, 0.15) is 159 Å².